The summed E-state index contributed by atoms with van der Waals surface area (Å²) in [5.74, 6) is 1.03. The highest BCUT2D eigenvalue weighted by atomic mass is 79.9. The normalized spacial score (nSPS) is 19.8. The molecule has 0 N–H and O–H groups in total. The van der Waals surface area contributed by atoms with Crippen LogP contribution in [0.1, 0.15) is 6.42 Å². The number of ether oxygens (including phenoxy) is 1. The predicted molar refractivity (Wildman–Crippen MR) is 72.6 cm³/mol. The molecule has 1 amide bonds. The molecule has 1 aromatic rings. The van der Waals surface area contributed by atoms with Crippen molar-refractivity contribution in [1.82, 2.24) is 4.90 Å². The number of carbonyl (C=O) groups is 1. The molecule has 92 valence electrons. The zero-order chi connectivity index (χ0) is 12.4. The lowest BCUT2D eigenvalue weighted by molar-refractivity contribution is -0.126. The first kappa shape index (κ1) is 12.8. The zero-order valence-electron chi connectivity index (χ0n) is 9.77. The molecule has 1 aromatic carbocycles. The summed E-state index contributed by atoms with van der Waals surface area (Å²) in [5.41, 5.74) is 0. The van der Waals surface area contributed by atoms with Crippen LogP contribution in [0.5, 0.6) is 5.75 Å². The molecule has 2 rings (SSSR count). The number of nitrogens with zero attached hydrogens (tertiary/aromatic N) is 1. The molecule has 0 aromatic heterocycles. The van der Waals surface area contributed by atoms with Crippen molar-refractivity contribution in [3.63, 3.8) is 0 Å². The Morgan fingerprint density at radius 3 is 2.88 bits per heavy atom. The second-order valence-electron chi connectivity index (χ2n) is 3.95. The third-order valence-electron chi connectivity index (χ3n) is 2.77. The summed E-state index contributed by atoms with van der Waals surface area (Å²) in [7, 11) is 3.50. The van der Waals surface area contributed by atoms with Gasteiger partial charge in [-0.25, -0.2) is 0 Å². The highest BCUT2D eigenvalue weighted by Crippen LogP contribution is 2.37. The van der Waals surface area contributed by atoms with E-state index in [1.807, 2.05) is 25.2 Å². The van der Waals surface area contributed by atoms with Gasteiger partial charge in [0.25, 0.3) is 0 Å². The van der Waals surface area contributed by atoms with E-state index in [4.69, 9.17) is 4.74 Å². The van der Waals surface area contributed by atoms with Crippen LogP contribution in [0.2, 0.25) is 0 Å². The molecule has 1 saturated heterocycles. The summed E-state index contributed by atoms with van der Waals surface area (Å²) in [5, 5.41) is 0.0169. The van der Waals surface area contributed by atoms with Crippen molar-refractivity contribution in [3.05, 3.63) is 22.7 Å². The highest BCUT2D eigenvalue weighted by molar-refractivity contribution is 9.10. The van der Waals surface area contributed by atoms with Crippen LogP contribution in [0.25, 0.3) is 0 Å². The van der Waals surface area contributed by atoms with Crippen LogP contribution in [0.15, 0.2) is 27.6 Å². The number of amides is 1. The number of halogens is 1. The summed E-state index contributed by atoms with van der Waals surface area (Å²) in [6, 6.07) is 5.84. The molecule has 1 atom stereocenters. The van der Waals surface area contributed by atoms with Gasteiger partial charge in [0.2, 0.25) is 5.91 Å². The molecule has 1 aliphatic rings. The third kappa shape index (κ3) is 2.77. The Labute approximate surface area is 114 Å². The molecule has 1 heterocycles. The van der Waals surface area contributed by atoms with Crippen molar-refractivity contribution in [1.29, 1.82) is 0 Å². The molecule has 0 saturated carbocycles. The summed E-state index contributed by atoms with van der Waals surface area (Å²) in [4.78, 5) is 14.6. The summed E-state index contributed by atoms with van der Waals surface area (Å²) in [6.45, 7) is 0.840. The van der Waals surface area contributed by atoms with Crippen LogP contribution in [-0.2, 0) is 4.79 Å². The van der Waals surface area contributed by atoms with Gasteiger partial charge in [-0.1, -0.05) is 15.9 Å². The number of thioether (sulfide) groups is 1. The minimum absolute atomic E-state index is 0.0169. The number of likely N-dealkylation sites (tertiary alicyclic amines) is 1. The first-order valence-corrected chi connectivity index (χ1v) is 7.04. The Morgan fingerprint density at radius 2 is 2.29 bits per heavy atom. The summed E-state index contributed by atoms with van der Waals surface area (Å²) >= 11 is 5.02. The maximum atomic E-state index is 11.8. The van der Waals surface area contributed by atoms with Crippen LogP contribution in [0.4, 0.5) is 0 Å². The minimum atomic E-state index is 0.0169. The van der Waals surface area contributed by atoms with Crippen LogP contribution < -0.4 is 4.74 Å². The standard InChI is InChI=1S/C12H14BrNO2S/c1-14-6-5-10(12(14)15)17-11-7-8(13)3-4-9(11)16-2/h3-4,7,10H,5-6H2,1-2H3. The molecule has 0 bridgehead atoms. The monoisotopic (exact) mass is 315 g/mol. The van der Waals surface area contributed by atoms with Gasteiger partial charge in [0, 0.05) is 18.1 Å². The van der Waals surface area contributed by atoms with E-state index < -0.39 is 0 Å². The average Bonchev–Trinajstić information content (AvgIpc) is 2.61. The van der Waals surface area contributed by atoms with Crippen LogP contribution in [0, 0.1) is 0 Å². The van der Waals surface area contributed by atoms with E-state index in [0.29, 0.717) is 0 Å². The number of hydrogen-bond donors (Lipinski definition) is 0. The van der Waals surface area contributed by atoms with E-state index in [-0.39, 0.29) is 11.2 Å². The topological polar surface area (TPSA) is 29.5 Å². The molecule has 0 radical (unpaired) electrons. The second kappa shape index (κ2) is 5.31. The fourth-order valence-corrected chi connectivity index (χ4v) is 3.58. The molecular formula is C12H14BrNO2S. The number of methoxy groups -OCH3 is 1. The van der Waals surface area contributed by atoms with E-state index in [1.165, 1.54) is 0 Å². The Balaban J connectivity index is 2.18. The SMILES string of the molecule is COc1ccc(Br)cc1SC1CCN(C)C1=O. The smallest absolute Gasteiger partial charge is 0.235 e. The quantitative estimate of drug-likeness (QED) is 0.859. The van der Waals surface area contributed by atoms with Gasteiger partial charge >= 0.3 is 0 Å². The van der Waals surface area contributed by atoms with Crippen molar-refractivity contribution in [2.45, 2.75) is 16.6 Å². The van der Waals surface area contributed by atoms with Crippen molar-refractivity contribution >= 4 is 33.6 Å². The highest BCUT2D eigenvalue weighted by Gasteiger charge is 2.30. The van der Waals surface area contributed by atoms with Crippen molar-refractivity contribution in [3.8, 4) is 5.75 Å². The Morgan fingerprint density at radius 1 is 1.53 bits per heavy atom. The van der Waals surface area contributed by atoms with Gasteiger partial charge in [0.1, 0.15) is 5.75 Å². The lowest BCUT2D eigenvalue weighted by atomic mass is 10.3. The van der Waals surface area contributed by atoms with Crippen molar-refractivity contribution < 1.29 is 9.53 Å². The van der Waals surface area contributed by atoms with Crippen LogP contribution in [0.3, 0.4) is 0 Å². The van der Waals surface area contributed by atoms with E-state index in [9.17, 15) is 4.79 Å². The Bertz CT molecular complexity index is 439. The first-order chi connectivity index (χ1) is 8.11. The maximum absolute atomic E-state index is 11.8. The van der Waals surface area contributed by atoms with Gasteiger partial charge in [-0.2, -0.15) is 0 Å². The second-order valence-corrected chi connectivity index (χ2v) is 6.11. The van der Waals surface area contributed by atoms with Gasteiger partial charge in [-0.05, 0) is 24.6 Å². The first-order valence-electron chi connectivity index (χ1n) is 5.37. The predicted octanol–water partition coefficient (Wildman–Crippen LogP) is 2.78. The fraction of sp³-hybridized carbons (Fsp3) is 0.417. The summed E-state index contributed by atoms with van der Waals surface area (Å²) < 4.78 is 6.31. The van der Waals surface area contributed by atoms with Crippen molar-refractivity contribution in [2.24, 2.45) is 0 Å². The van der Waals surface area contributed by atoms with Gasteiger partial charge in [-0.15, -0.1) is 11.8 Å². The molecule has 5 heteroatoms. The molecule has 1 unspecified atom stereocenters. The van der Waals surface area contributed by atoms with Crippen molar-refractivity contribution in [2.75, 3.05) is 20.7 Å². The number of benzene rings is 1. The Hall–Kier alpha value is -0.680. The zero-order valence-corrected chi connectivity index (χ0v) is 12.2. The van der Waals surface area contributed by atoms with Gasteiger partial charge < -0.3 is 9.64 Å². The molecule has 0 aliphatic carbocycles. The average molecular weight is 316 g/mol. The molecular weight excluding hydrogens is 302 g/mol. The third-order valence-corrected chi connectivity index (χ3v) is 4.56. The van der Waals surface area contributed by atoms with E-state index >= 15 is 0 Å². The molecule has 1 aliphatic heterocycles. The molecule has 17 heavy (non-hydrogen) atoms. The lowest BCUT2D eigenvalue weighted by Crippen LogP contribution is -2.23. The number of rotatable bonds is 3. The molecule has 1 fully saturated rings. The maximum Gasteiger partial charge on any atom is 0.235 e. The number of hydrogen-bond acceptors (Lipinski definition) is 3. The van der Waals surface area contributed by atoms with E-state index in [2.05, 4.69) is 15.9 Å². The fourth-order valence-electron chi connectivity index (χ4n) is 1.80. The van der Waals surface area contributed by atoms with Crippen LogP contribution >= 0.6 is 27.7 Å². The number of carbonyl (C=O) groups excluding carboxylic acids is 1. The van der Waals surface area contributed by atoms with E-state index in [1.54, 1.807) is 23.8 Å². The van der Waals surface area contributed by atoms with Gasteiger partial charge in [0.05, 0.1) is 17.3 Å². The molecule has 0 spiro atoms. The largest absolute Gasteiger partial charge is 0.496 e. The van der Waals surface area contributed by atoms with Crippen LogP contribution in [-0.4, -0.2) is 36.8 Å². The van der Waals surface area contributed by atoms with E-state index in [0.717, 1.165) is 28.1 Å². The lowest BCUT2D eigenvalue weighted by Gasteiger charge is -2.12. The summed E-state index contributed by atoms with van der Waals surface area (Å²) in [6.07, 6.45) is 0.898. The van der Waals surface area contributed by atoms with Gasteiger partial charge in [0.15, 0.2) is 0 Å². The minimum Gasteiger partial charge on any atom is -0.496 e. The Kier molecular flexibility index (Phi) is 3.99. The van der Waals surface area contributed by atoms with Gasteiger partial charge in [-0.3, -0.25) is 4.79 Å². The molecule has 3 nitrogen and oxygen atoms in total.